The zero-order chi connectivity index (χ0) is 14.0. The minimum absolute atomic E-state index is 0.370. The Morgan fingerprint density at radius 2 is 2.00 bits per heavy atom. The smallest absolute Gasteiger partial charge is 0.209 e. The van der Waals surface area contributed by atoms with Crippen molar-refractivity contribution in [2.75, 3.05) is 24.3 Å². The van der Waals surface area contributed by atoms with Gasteiger partial charge in [-0.2, -0.15) is 11.8 Å². The maximum Gasteiger partial charge on any atom is 0.209 e. The van der Waals surface area contributed by atoms with Crippen LogP contribution < -0.4 is 10.0 Å². The van der Waals surface area contributed by atoms with Crippen molar-refractivity contribution in [3.05, 3.63) is 0 Å². The van der Waals surface area contributed by atoms with Gasteiger partial charge in [0.2, 0.25) is 10.0 Å². The lowest BCUT2D eigenvalue weighted by Gasteiger charge is -2.37. The Kier molecular flexibility index (Phi) is 5.14. The second kappa shape index (κ2) is 5.69. The van der Waals surface area contributed by atoms with Gasteiger partial charge in [0.25, 0.3) is 0 Å². The van der Waals surface area contributed by atoms with Crippen LogP contribution in [0.2, 0.25) is 0 Å². The summed E-state index contributed by atoms with van der Waals surface area (Å²) in [5.41, 5.74) is -0.0746. The molecule has 6 heteroatoms. The van der Waals surface area contributed by atoms with Crippen molar-refractivity contribution >= 4 is 21.8 Å². The largest absolute Gasteiger partial charge is 0.311 e. The summed E-state index contributed by atoms with van der Waals surface area (Å²) < 4.78 is 25.2. The van der Waals surface area contributed by atoms with Crippen LogP contribution in [0.3, 0.4) is 0 Å². The fourth-order valence-corrected chi connectivity index (χ4v) is 4.72. The fourth-order valence-electron chi connectivity index (χ4n) is 2.33. The van der Waals surface area contributed by atoms with Crippen LogP contribution >= 0.6 is 11.8 Å². The molecule has 0 saturated carbocycles. The molecule has 0 aromatic carbocycles. The van der Waals surface area contributed by atoms with E-state index in [4.69, 9.17) is 0 Å². The van der Waals surface area contributed by atoms with Crippen LogP contribution in [0.25, 0.3) is 0 Å². The molecule has 1 rings (SSSR count). The van der Waals surface area contributed by atoms with Crippen LogP contribution in [0.5, 0.6) is 0 Å². The van der Waals surface area contributed by atoms with Gasteiger partial charge in [-0.25, -0.2) is 13.1 Å². The molecular formula is C12H26N2O2S2. The molecule has 4 nitrogen and oxygen atoms in total. The van der Waals surface area contributed by atoms with Crippen molar-refractivity contribution in [3.8, 4) is 0 Å². The molecule has 0 aromatic heterocycles. The lowest BCUT2D eigenvalue weighted by atomic mass is 9.87. The lowest BCUT2D eigenvalue weighted by Crippen LogP contribution is -2.53. The summed E-state index contributed by atoms with van der Waals surface area (Å²) in [4.78, 5) is 0. The number of hydrogen-bond donors (Lipinski definition) is 2. The summed E-state index contributed by atoms with van der Waals surface area (Å²) in [5, 5.41) is 3.49. The van der Waals surface area contributed by atoms with Crippen LogP contribution in [0, 0.1) is 5.41 Å². The molecule has 0 spiro atoms. The molecule has 1 saturated heterocycles. The van der Waals surface area contributed by atoms with Gasteiger partial charge in [0.15, 0.2) is 0 Å². The van der Waals surface area contributed by atoms with Crippen molar-refractivity contribution in [2.45, 2.75) is 45.7 Å². The van der Waals surface area contributed by atoms with E-state index in [0.717, 1.165) is 12.2 Å². The SMILES string of the molecule is CC1(C)CSCC(NCC(C)(C)NS(C)(=O)=O)C1. The number of rotatable bonds is 5. The predicted molar refractivity (Wildman–Crippen MR) is 79.6 cm³/mol. The number of hydrogen-bond acceptors (Lipinski definition) is 4. The van der Waals surface area contributed by atoms with E-state index in [2.05, 4.69) is 23.9 Å². The molecule has 18 heavy (non-hydrogen) atoms. The third kappa shape index (κ3) is 6.41. The predicted octanol–water partition coefficient (Wildman–Crippen LogP) is 1.44. The van der Waals surface area contributed by atoms with Crippen molar-refractivity contribution < 1.29 is 8.42 Å². The monoisotopic (exact) mass is 294 g/mol. The summed E-state index contributed by atoms with van der Waals surface area (Å²) in [6.45, 7) is 9.03. The highest BCUT2D eigenvalue weighted by molar-refractivity contribution is 7.99. The first-order chi connectivity index (χ1) is 7.99. The summed E-state index contributed by atoms with van der Waals surface area (Å²) in [7, 11) is -3.15. The van der Waals surface area contributed by atoms with Crippen molar-refractivity contribution in [2.24, 2.45) is 5.41 Å². The van der Waals surface area contributed by atoms with E-state index in [-0.39, 0.29) is 0 Å². The molecule has 0 bridgehead atoms. The maximum atomic E-state index is 11.3. The van der Waals surface area contributed by atoms with Gasteiger partial charge in [0.05, 0.1) is 6.26 Å². The third-order valence-corrected chi connectivity index (χ3v) is 5.45. The summed E-state index contributed by atoms with van der Waals surface area (Å²) in [6.07, 6.45) is 2.35. The van der Waals surface area contributed by atoms with Gasteiger partial charge in [-0.15, -0.1) is 0 Å². The topological polar surface area (TPSA) is 58.2 Å². The van der Waals surface area contributed by atoms with E-state index in [1.54, 1.807) is 0 Å². The van der Waals surface area contributed by atoms with Crippen LogP contribution in [0.15, 0.2) is 0 Å². The van der Waals surface area contributed by atoms with Crippen molar-refractivity contribution in [1.82, 2.24) is 10.0 Å². The highest BCUT2D eigenvalue weighted by Gasteiger charge is 2.30. The van der Waals surface area contributed by atoms with Gasteiger partial charge in [-0.3, -0.25) is 0 Å². The Hall–Kier alpha value is 0.220. The normalized spacial score (nSPS) is 25.1. The average Bonchev–Trinajstić information content (AvgIpc) is 2.09. The molecule has 0 amide bonds. The van der Waals surface area contributed by atoms with E-state index in [9.17, 15) is 8.42 Å². The third-order valence-electron chi connectivity index (χ3n) is 2.91. The second-order valence-electron chi connectivity index (χ2n) is 6.72. The van der Waals surface area contributed by atoms with Gasteiger partial charge in [-0.1, -0.05) is 13.8 Å². The molecular weight excluding hydrogens is 268 g/mol. The molecule has 1 heterocycles. The minimum Gasteiger partial charge on any atom is -0.311 e. The summed E-state index contributed by atoms with van der Waals surface area (Å²) >= 11 is 1.97. The van der Waals surface area contributed by atoms with Gasteiger partial charge in [0.1, 0.15) is 0 Å². The van der Waals surface area contributed by atoms with Crippen LogP contribution in [-0.4, -0.2) is 44.3 Å². The van der Waals surface area contributed by atoms with E-state index in [1.165, 1.54) is 12.0 Å². The first kappa shape index (κ1) is 16.3. The molecule has 1 aliphatic heterocycles. The Morgan fingerprint density at radius 3 is 2.50 bits per heavy atom. The first-order valence-electron chi connectivity index (χ1n) is 6.29. The van der Waals surface area contributed by atoms with E-state index in [0.29, 0.717) is 18.0 Å². The number of nitrogens with one attached hydrogen (secondary N) is 2. The maximum absolute atomic E-state index is 11.3. The molecule has 1 unspecified atom stereocenters. The molecule has 1 aliphatic rings. The van der Waals surface area contributed by atoms with Crippen LogP contribution in [-0.2, 0) is 10.0 Å². The minimum atomic E-state index is -3.15. The Balaban J connectivity index is 2.45. The molecule has 0 radical (unpaired) electrons. The fraction of sp³-hybridized carbons (Fsp3) is 1.00. The van der Waals surface area contributed by atoms with Crippen LogP contribution in [0.4, 0.5) is 0 Å². The number of sulfonamides is 1. The van der Waals surface area contributed by atoms with Gasteiger partial charge < -0.3 is 5.32 Å². The zero-order valence-corrected chi connectivity index (χ0v) is 13.7. The lowest BCUT2D eigenvalue weighted by molar-refractivity contribution is 0.299. The molecule has 1 atom stereocenters. The average molecular weight is 294 g/mol. The van der Waals surface area contributed by atoms with Gasteiger partial charge >= 0.3 is 0 Å². The van der Waals surface area contributed by atoms with E-state index in [1.807, 2.05) is 25.6 Å². The van der Waals surface area contributed by atoms with Crippen molar-refractivity contribution in [3.63, 3.8) is 0 Å². The molecule has 0 aromatic rings. The second-order valence-corrected chi connectivity index (χ2v) is 9.50. The number of thioether (sulfide) groups is 1. The molecule has 2 N–H and O–H groups in total. The molecule has 1 fully saturated rings. The van der Waals surface area contributed by atoms with Gasteiger partial charge in [-0.05, 0) is 31.4 Å². The quantitative estimate of drug-likeness (QED) is 0.805. The summed E-state index contributed by atoms with van der Waals surface area (Å²) in [5.74, 6) is 2.31. The first-order valence-corrected chi connectivity index (χ1v) is 9.34. The van der Waals surface area contributed by atoms with E-state index < -0.39 is 15.6 Å². The summed E-state index contributed by atoms with van der Waals surface area (Å²) in [6, 6.07) is 0.472. The Bertz CT molecular complexity index is 378. The zero-order valence-electron chi connectivity index (χ0n) is 12.0. The highest BCUT2D eigenvalue weighted by atomic mass is 32.2. The van der Waals surface area contributed by atoms with Crippen molar-refractivity contribution in [1.29, 1.82) is 0 Å². The highest BCUT2D eigenvalue weighted by Crippen LogP contribution is 2.33. The Morgan fingerprint density at radius 1 is 1.39 bits per heavy atom. The van der Waals surface area contributed by atoms with Crippen LogP contribution in [0.1, 0.15) is 34.1 Å². The van der Waals surface area contributed by atoms with Gasteiger partial charge in [0, 0.05) is 23.9 Å². The van der Waals surface area contributed by atoms with E-state index >= 15 is 0 Å². The Labute approximate surface area is 116 Å². The standard InChI is InChI=1S/C12H26N2O2S2/c1-11(2)6-10(7-17-9-11)13-8-12(3,4)14-18(5,15)16/h10,13-14H,6-9H2,1-5H3. The molecule has 0 aliphatic carbocycles. The molecule has 108 valence electrons.